The summed E-state index contributed by atoms with van der Waals surface area (Å²) in [6, 6.07) is -1.14. The first-order valence-corrected chi connectivity index (χ1v) is 9.26. The summed E-state index contributed by atoms with van der Waals surface area (Å²) in [5.41, 5.74) is 5.36. The second-order valence-corrected chi connectivity index (χ2v) is 6.46. The molecule has 0 aliphatic rings. The van der Waals surface area contributed by atoms with Gasteiger partial charge in [0.2, 0.25) is 0 Å². The molecule has 0 spiro atoms. The number of aliphatic hydroxyl groups is 1. The molecule has 0 radical (unpaired) electrons. The molecule has 0 unspecified atom stereocenters. The first-order chi connectivity index (χ1) is 10.6. The maximum absolute atomic E-state index is 10.6. The minimum atomic E-state index is -1.14. The first kappa shape index (κ1) is 21.4. The van der Waals surface area contributed by atoms with Gasteiger partial charge in [0.1, 0.15) is 6.04 Å². The fourth-order valence-corrected chi connectivity index (χ4v) is 2.72. The zero-order valence-corrected chi connectivity index (χ0v) is 14.4. The molecule has 4 nitrogen and oxygen atoms in total. The number of aliphatic carboxylic acids is 1. The lowest BCUT2D eigenvalue weighted by atomic mass is 10.0. The van der Waals surface area contributed by atoms with Crippen molar-refractivity contribution < 1.29 is 15.0 Å². The Labute approximate surface area is 136 Å². The number of hydrogen-bond acceptors (Lipinski definition) is 3. The van der Waals surface area contributed by atoms with E-state index >= 15 is 0 Å². The Morgan fingerprint density at radius 2 is 1.18 bits per heavy atom. The van der Waals surface area contributed by atoms with Gasteiger partial charge in [0, 0.05) is 0 Å². The van der Waals surface area contributed by atoms with E-state index in [1.54, 1.807) is 0 Å². The average molecular weight is 315 g/mol. The van der Waals surface area contributed by atoms with E-state index in [0.29, 0.717) is 6.42 Å². The van der Waals surface area contributed by atoms with E-state index in [1.807, 2.05) is 0 Å². The molecule has 0 aromatic carbocycles. The fourth-order valence-electron chi connectivity index (χ4n) is 2.72. The summed E-state index contributed by atoms with van der Waals surface area (Å²) >= 11 is 0. The summed E-state index contributed by atoms with van der Waals surface area (Å²) in [6.07, 6.45) is 16.2. The van der Waals surface area contributed by atoms with Gasteiger partial charge < -0.3 is 15.9 Å². The number of nitrogens with two attached hydrogens (primary N) is 1. The van der Waals surface area contributed by atoms with Crippen LogP contribution in [0.15, 0.2) is 0 Å². The zero-order valence-electron chi connectivity index (χ0n) is 14.4. The van der Waals surface area contributed by atoms with E-state index in [9.17, 15) is 9.90 Å². The van der Waals surface area contributed by atoms with Gasteiger partial charge in [-0.05, 0) is 6.42 Å². The summed E-state index contributed by atoms with van der Waals surface area (Å²) < 4.78 is 0. The Hall–Kier alpha value is -0.610. The Bertz CT molecular complexity index is 259. The van der Waals surface area contributed by atoms with Crippen molar-refractivity contribution >= 4 is 5.97 Å². The standard InChI is InChI=1S/C18H37NO3/c1-2-3-4-5-6-7-8-9-10-11-12-13-14-15-16(20)17(19)18(21)22/h16-17,20H,2-15,19H2,1H3,(H,21,22)/t16-,17-/m1/s1. The van der Waals surface area contributed by atoms with Crippen molar-refractivity contribution in [2.75, 3.05) is 0 Å². The van der Waals surface area contributed by atoms with Crippen molar-refractivity contribution in [2.45, 2.75) is 109 Å². The topological polar surface area (TPSA) is 83.5 Å². The minimum Gasteiger partial charge on any atom is -0.480 e. The summed E-state index contributed by atoms with van der Waals surface area (Å²) in [6.45, 7) is 2.25. The predicted octanol–water partition coefficient (Wildman–Crippen LogP) is 4.24. The predicted molar refractivity (Wildman–Crippen MR) is 91.9 cm³/mol. The van der Waals surface area contributed by atoms with Gasteiger partial charge in [0.05, 0.1) is 6.10 Å². The maximum Gasteiger partial charge on any atom is 0.323 e. The molecule has 0 saturated heterocycles. The van der Waals surface area contributed by atoms with E-state index in [2.05, 4.69) is 6.92 Å². The molecule has 0 fully saturated rings. The second kappa shape index (κ2) is 15.3. The third-order valence-electron chi connectivity index (χ3n) is 4.30. The van der Waals surface area contributed by atoms with E-state index < -0.39 is 18.1 Å². The molecule has 0 amide bonds. The van der Waals surface area contributed by atoms with E-state index in [-0.39, 0.29) is 0 Å². The van der Waals surface area contributed by atoms with Gasteiger partial charge in [-0.3, -0.25) is 4.79 Å². The number of hydrogen-bond donors (Lipinski definition) is 3. The summed E-state index contributed by atoms with van der Waals surface area (Å²) in [7, 11) is 0. The van der Waals surface area contributed by atoms with Gasteiger partial charge in [-0.2, -0.15) is 0 Å². The number of carboxylic acid groups (broad SMARTS) is 1. The van der Waals surface area contributed by atoms with Crippen LogP contribution in [0.1, 0.15) is 96.8 Å². The van der Waals surface area contributed by atoms with Crippen LogP contribution in [0.25, 0.3) is 0 Å². The van der Waals surface area contributed by atoms with Gasteiger partial charge in [0.25, 0.3) is 0 Å². The number of carbonyl (C=O) groups is 1. The fraction of sp³-hybridized carbons (Fsp3) is 0.944. The Morgan fingerprint density at radius 3 is 1.55 bits per heavy atom. The monoisotopic (exact) mass is 315 g/mol. The molecule has 0 bridgehead atoms. The maximum atomic E-state index is 10.6. The molecule has 0 rings (SSSR count). The SMILES string of the molecule is CCCCCCCCCCCCCCC[C@@H](O)[C@@H](N)C(=O)O. The quantitative estimate of drug-likeness (QED) is 0.372. The van der Waals surface area contributed by atoms with Crippen LogP contribution < -0.4 is 5.73 Å². The molecular formula is C18H37NO3. The van der Waals surface area contributed by atoms with E-state index in [0.717, 1.165) is 12.8 Å². The largest absolute Gasteiger partial charge is 0.480 e. The molecular weight excluding hydrogens is 278 g/mol. The van der Waals surface area contributed by atoms with Gasteiger partial charge in [-0.15, -0.1) is 0 Å². The zero-order chi connectivity index (χ0) is 16.6. The smallest absolute Gasteiger partial charge is 0.323 e. The molecule has 22 heavy (non-hydrogen) atoms. The van der Waals surface area contributed by atoms with Crippen LogP contribution in [-0.4, -0.2) is 28.3 Å². The highest BCUT2D eigenvalue weighted by Gasteiger charge is 2.20. The Balaban J connectivity index is 3.19. The lowest BCUT2D eigenvalue weighted by molar-refractivity contribution is -0.141. The van der Waals surface area contributed by atoms with Crippen LogP contribution in [0.5, 0.6) is 0 Å². The van der Waals surface area contributed by atoms with Crippen LogP contribution in [0.4, 0.5) is 0 Å². The molecule has 0 aromatic rings. The van der Waals surface area contributed by atoms with Crippen molar-refractivity contribution in [3.05, 3.63) is 0 Å². The lowest BCUT2D eigenvalue weighted by Gasteiger charge is -2.14. The Kier molecular flexibility index (Phi) is 14.9. The average Bonchev–Trinajstić information content (AvgIpc) is 2.50. The van der Waals surface area contributed by atoms with Crippen LogP contribution in [0.2, 0.25) is 0 Å². The van der Waals surface area contributed by atoms with Crippen molar-refractivity contribution in [1.82, 2.24) is 0 Å². The van der Waals surface area contributed by atoms with Crippen molar-refractivity contribution in [3.8, 4) is 0 Å². The Morgan fingerprint density at radius 1 is 0.818 bits per heavy atom. The lowest BCUT2D eigenvalue weighted by Crippen LogP contribution is -2.41. The summed E-state index contributed by atoms with van der Waals surface area (Å²) in [5, 5.41) is 18.2. The first-order valence-electron chi connectivity index (χ1n) is 9.26. The van der Waals surface area contributed by atoms with Gasteiger partial charge in [-0.25, -0.2) is 0 Å². The van der Waals surface area contributed by atoms with Crippen molar-refractivity contribution in [1.29, 1.82) is 0 Å². The van der Waals surface area contributed by atoms with Gasteiger partial charge >= 0.3 is 5.97 Å². The van der Waals surface area contributed by atoms with Crippen LogP contribution in [0.3, 0.4) is 0 Å². The minimum absolute atomic E-state index is 0.491. The normalized spacial score (nSPS) is 14.0. The highest BCUT2D eigenvalue weighted by Crippen LogP contribution is 2.13. The van der Waals surface area contributed by atoms with Crippen molar-refractivity contribution in [2.24, 2.45) is 5.73 Å². The molecule has 0 aliphatic heterocycles. The van der Waals surface area contributed by atoms with Crippen molar-refractivity contribution in [3.63, 3.8) is 0 Å². The summed E-state index contributed by atoms with van der Waals surface area (Å²) in [4.78, 5) is 10.6. The molecule has 0 saturated carbocycles. The van der Waals surface area contributed by atoms with E-state index in [4.69, 9.17) is 10.8 Å². The highest BCUT2D eigenvalue weighted by atomic mass is 16.4. The number of aliphatic hydroxyl groups excluding tert-OH is 1. The molecule has 132 valence electrons. The molecule has 0 aromatic heterocycles. The number of unbranched alkanes of at least 4 members (excludes halogenated alkanes) is 12. The van der Waals surface area contributed by atoms with Gasteiger partial charge in [0.15, 0.2) is 0 Å². The molecule has 0 aliphatic carbocycles. The highest BCUT2D eigenvalue weighted by molar-refractivity contribution is 5.73. The molecule has 4 N–H and O–H groups in total. The van der Waals surface area contributed by atoms with Gasteiger partial charge in [-0.1, -0.05) is 90.4 Å². The molecule has 2 atom stereocenters. The number of carboxylic acids is 1. The van der Waals surface area contributed by atoms with Crippen LogP contribution in [-0.2, 0) is 4.79 Å². The number of rotatable bonds is 16. The summed E-state index contributed by atoms with van der Waals surface area (Å²) in [5.74, 6) is -1.12. The van der Waals surface area contributed by atoms with Crippen LogP contribution in [0, 0.1) is 0 Å². The molecule has 4 heteroatoms. The second-order valence-electron chi connectivity index (χ2n) is 6.46. The molecule has 0 heterocycles. The third-order valence-corrected chi connectivity index (χ3v) is 4.30. The van der Waals surface area contributed by atoms with E-state index in [1.165, 1.54) is 70.6 Å². The van der Waals surface area contributed by atoms with Crippen LogP contribution >= 0.6 is 0 Å². The third kappa shape index (κ3) is 13.1.